The molecule has 0 aliphatic heterocycles. The average molecular weight is 298 g/mol. The zero-order chi connectivity index (χ0) is 13.9. The van der Waals surface area contributed by atoms with Crippen molar-refractivity contribution in [3.05, 3.63) is 48.2 Å². The van der Waals surface area contributed by atoms with Crippen LogP contribution in [0.15, 0.2) is 47.5 Å². The Kier molecular flexibility index (Phi) is 4.07. The van der Waals surface area contributed by atoms with E-state index < -0.39 is 9.84 Å². The van der Waals surface area contributed by atoms with Crippen LogP contribution in [0.1, 0.15) is 5.56 Å². The normalized spacial score (nSPS) is 11.3. The number of pyridine rings is 1. The maximum absolute atomic E-state index is 11.3. The van der Waals surface area contributed by atoms with E-state index in [-0.39, 0.29) is 4.90 Å². The third-order valence-corrected chi connectivity index (χ3v) is 3.86. The van der Waals surface area contributed by atoms with Gasteiger partial charge in [-0.05, 0) is 35.9 Å². The molecule has 100 valence electrons. The molecule has 1 aromatic heterocycles. The third-order valence-electron chi connectivity index (χ3n) is 2.43. The van der Waals surface area contributed by atoms with Crippen LogP contribution in [0.25, 0.3) is 0 Å². The number of ether oxygens (including phenoxy) is 1. The van der Waals surface area contributed by atoms with Gasteiger partial charge in [0, 0.05) is 24.4 Å². The fourth-order valence-electron chi connectivity index (χ4n) is 1.47. The second kappa shape index (κ2) is 5.59. The molecule has 0 amide bonds. The molecule has 0 spiro atoms. The van der Waals surface area contributed by atoms with Crippen molar-refractivity contribution >= 4 is 21.4 Å². The Labute approximate surface area is 116 Å². The molecule has 0 saturated heterocycles. The maximum atomic E-state index is 11.3. The Morgan fingerprint density at radius 1 is 1.21 bits per heavy atom. The van der Waals surface area contributed by atoms with E-state index >= 15 is 0 Å². The van der Waals surface area contributed by atoms with Gasteiger partial charge in [-0.1, -0.05) is 0 Å². The smallest absolute Gasteiger partial charge is 0.219 e. The van der Waals surface area contributed by atoms with Crippen LogP contribution in [0, 0.1) is 0 Å². The lowest BCUT2D eigenvalue weighted by Gasteiger charge is -2.06. The van der Waals surface area contributed by atoms with Crippen molar-refractivity contribution in [2.75, 3.05) is 6.26 Å². The summed E-state index contributed by atoms with van der Waals surface area (Å²) in [6, 6.07) is 9.70. The van der Waals surface area contributed by atoms with Crippen LogP contribution in [-0.2, 0) is 15.7 Å². The van der Waals surface area contributed by atoms with E-state index in [0.717, 1.165) is 11.8 Å². The second-order valence-electron chi connectivity index (χ2n) is 3.98. The van der Waals surface area contributed by atoms with E-state index in [1.54, 1.807) is 30.5 Å². The first kappa shape index (κ1) is 13.8. The molecule has 0 N–H and O–H groups in total. The number of nitrogens with zero attached hydrogens (tertiary/aromatic N) is 1. The molecule has 19 heavy (non-hydrogen) atoms. The largest absolute Gasteiger partial charge is 0.439 e. The Balaban J connectivity index is 2.19. The number of sulfone groups is 1. The molecule has 2 aromatic rings. The summed E-state index contributed by atoms with van der Waals surface area (Å²) in [5.41, 5.74) is 0.902. The minimum Gasteiger partial charge on any atom is -0.439 e. The van der Waals surface area contributed by atoms with Gasteiger partial charge in [0.05, 0.1) is 4.90 Å². The summed E-state index contributed by atoms with van der Waals surface area (Å²) in [5, 5.41) is 0. The third kappa shape index (κ3) is 3.68. The molecular formula is C13H12ClNO3S. The molecular weight excluding hydrogens is 286 g/mol. The first-order valence-electron chi connectivity index (χ1n) is 5.48. The van der Waals surface area contributed by atoms with Crippen molar-refractivity contribution < 1.29 is 13.2 Å². The fourth-order valence-corrected chi connectivity index (χ4v) is 2.26. The highest BCUT2D eigenvalue weighted by atomic mass is 35.5. The van der Waals surface area contributed by atoms with Gasteiger partial charge in [-0.15, -0.1) is 11.6 Å². The first-order chi connectivity index (χ1) is 8.99. The molecule has 2 rings (SSSR count). The van der Waals surface area contributed by atoms with Gasteiger partial charge in [-0.2, -0.15) is 0 Å². The molecule has 0 aliphatic rings. The van der Waals surface area contributed by atoms with Gasteiger partial charge in [0.25, 0.3) is 0 Å². The topological polar surface area (TPSA) is 56.3 Å². The van der Waals surface area contributed by atoms with E-state index in [1.807, 2.05) is 0 Å². The van der Waals surface area contributed by atoms with Crippen molar-refractivity contribution in [1.29, 1.82) is 0 Å². The molecule has 0 unspecified atom stereocenters. The van der Waals surface area contributed by atoms with Crippen LogP contribution in [0.5, 0.6) is 11.6 Å². The zero-order valence-electron chi connectivity index (χ0n) is 10.2. The lowest BCUT2D eigenvalue weighted by atomic mass is 10.3. The zero-order valence-corrected chi connectivity index (χ0v) is 11.8. The van der Waals surface area contributed by atoms with Crippen LogP contribution in [0.3, 0.4) is 0 Å². The van der Waals surface area contributed by atoms with Gasteiger partial charge in [-0.25, -0.2) is 13.4 Å². The minimum absolute atomic E-state index is 0.252. The summed E-state index contributed by atoms with van der Waals surface area (Å²) in [6.45, 7) is 0. The molecule has 0 fully saturated rings. The number of aromatic nitrogens is 1. The fraction of sp³-hybridized carbons (Fsp3) is 0.154. The Morgan fingerprint density at radius 2 is 1.89 bits per heavy atom. The number of rotatable bonds is 4. The van der Waals surface area contributed by atoms with Gasteiger partial charge in [-0.3, -0.25) is 0 Å². The number of benzene rings is 1. The van der Waals surface area contributed by atoms with Crippen molar-refractivity contribution in [3.8, 4) is 11.6 Å². The van der Waals surface area contributed by atoms with Crippen LogP contribution in [-0.4, -0.2) is 19.7 Å². The molecule has 6 heteroatoms. The van der Waals surface area contributed by atoms with Gasteiger partial charge in [0.2, 0.25) is 5.88 Å². The van der Waals surface area contributed by atoms with Gasteiger partial charge < -0.3 is 4.74 Å². The lowest BCUT2D eigenvalue weighted by molar-refractivity contribution is 0.462. The van der Waals surface area contributed by atoms with E-state index in [4.69, 9.17) is 16.3 Å². The molecule has 1 heterocycles. The summed E-state index contributed by atoms with van der Waals surface area (Å²) in [6.07, 6.45) is 2.77. The van der Waals surface area contributed by atoms with E-state index in [9.17, 15) is 8.42 Å². The minimum atomic E-state index is -3.19. The van der Waals surface area contributed by atoms with Crippen molar-refractivity contribution in [2.24, 2.45) is 0 Å². The standard InChI is InChI=1S/C13H12ClNO3S/c1-19(16,17)12-4-2-11(3-5-12)18-13-8-10(9-14)6-7-15-13/h2-8H,9H2,1H3. The molecule has 0 saturated carbocycles. The lowest BCUT2D eigenvalue weighted by Crippen LogP contribution is -1.96. The van der Waals surface area contributed by atoms with Gasteiger partial charge in [0.15, 0.2) is 9.84 Å². The van der Waals surface area contributed by atoms with Crippen molar-refractivity contribution in [2.45, 2.75) is 10.8 Å². The highest BCUT2D eigenvalue weighted by molar-refractivity contribution is 7.90. The summed E-state index contributed by atoms with van der Waals surface area (Å²) < 4.78 is 28.2. The number of hydrogen-bond donors (Lipinski definition) is 0. The van der Waals surface area contributed by atoms with Crippen LogP contribution in [0.2, 0.25) is 0 Å². The Morgan fingerprint density at radius 3 is 2.47 bits per heavy atom. The van der Waals surface area contributed by atoms with E-state index in [0.29, 0.717) is 17.5 Å². The van der Waals surface area contributed by atoms with Crippen LogP contribution < -0.4 is 4.74 Å². The molecule has 1 aromatic carbocycles. The predicted molar refractivity (Wildman–Crippen MR) is 73.4 cm³/mol. The number of hydrogen-bond acceptors (Lipinski definition) is 4. The quantitative estimate of drug-likeness (QED) is 0.814. The average Bonchev–Trinajstić information content (AvgIpc) is 2.38. The molecule has 4 nitrogen and oxygen atoms in total. The Hall–Kier alpha value is -1.59. The molecule has 0 aliphatic carbocycles. The monoisotopic (exact) mass is 297 g/mol. The second-order valence-corrected chi connectivity index (χ2v) is 6.26. The van der Waals surface area contributed by atoms with Crippen LogP contribution in [0.4, 0.5) is 0 Å². The highest BCUT2D eigenvalue weighted by Crippen LogP contribution is 2.22. The predicted octanol–water partition coefficient (Wildman–Crippen LogP) is 3.02. The summed E-state index contributed by atoms with van der Waals surface area (Å²) in [4.78, 5) is 4.31. The molecule has 0 atom stereocenters. The van der Waals surface area contributed by atoms with Crippen molar-refractivity contribution in [3.63, 3.8) is 0 Å². The van der Waals surface area contributed by atoms with Crippen molar-refractivity contribution in [1.82, 2.24) is 4.98 Å². The first-order valence-corrected chi connectivity index (χ1v) is 7.90. The maximum Gasteiger partial charge on any atom is 0.219 e. The van der Waals surface area contributed by atoms with E-state index in [1.165, 1.54) is 12.1 Å². The van der Waals surface area contributed by atoms with E-state index in [2.05, 4.69) is 4.98 Å². The van der Waals surface area contributed by atoms with Crippen LogP contribution >= 0.6 is 11.6 Å². The summed E-state index contributed by atoms with van der Waals surface area (Å²) in [7, 11) is -3.19. The number of halogens is 1. The highest BCUT2D eigenvalue weighted by Gasteiger charge is 2.07. The van der Waals surface area contributed by atoms with Gasteiger partial charge in [0.1, 0.15) is 5.75 Å². The summed E-state index contributed by atoms with van der Waals surface area (Å²) in [5.74, 6) is 1.32. The molecule has 0 radical (unpaired) electrons. The SMILES string of the molecule is CS(=O)(=O)c1ccc(Oc2cc(CCl)ccn2)cc1. The summed E-state index contributed by atoms with van der Waals surface area (Å²) >= 11 is 5.72. The number of alkyl halides is 1. The van der Waals surface area contributed by atoms with Gasteiger partial charge >= 0.3 is 0 Å². The Bertz CT molecular complexity index is 669. The molecule has 0 bridgehead atoms.